The van der Waals surface area contributed by atoms with Crippen molar-refractivity contribution < 1.29 is 0 Å². The molecule has 0 fully saturated rings. The second kappa shape index (κ2) is 4.74. The molecule has 0 aromatic carbocycles. The lowest BCUT2D eigenvalue weighted by molar-refractivity contribution is 1.46. The van der Waals surface area contributed by atoms with Crippen molar-refractivity contribution in [2.45, 2.75) is 13.8 Å². The van der Waals surface area contributed by atoms with Crippen molar-refractivity contribution in [1.82, 2.24) is 0 Å². The van der Waals surface area contributed by atoms with Crippen LogP contribution in [0.4, 0.5) is 0 Å². The molecule has 0 aliphatic rings. The van der Waals surface area contributed by atoms with Crippen LogP contribution in [0.25, 0.3) is 0 Å². The zero-order valence-electron chi connectivity index (χ0n) is 6.52. The lowest BCUT2D eigenvalue weighted by atomic mass is 10.1. The predicted molar refractivity (Wildman–Crippen MR) is 46.5 cm³/mol. The van der Waals surface area contributed by atoms with Crippen molar-refractivity contribution in [3.63, 3.8) is 0 Å². The minimum Gasteiger partial charge on any atom is -0.305 e. The van der Waals surface area contributed by atoms with E-state index in [-0.39, 0.29) is 0 Å². The maximum Gasteiger partial charge on any atom is 0.0355 e. The largest absolute Gasteiger partial charge is 0.305 e. The van der Waals surface area contributed by atoms with Crippen LogP contribution in [-0.2, 0) is 0 Å². The van der Waals surface area contributed by atoms with Crippen LogP contribution in [0.1, 0.15) is 13.8 Å². The zero-order valence-corrected chi connectivity index (χ0v) is 6.52. The molecule has 0 aromatic heterocycles. The van der Waals surface area contributed by atoms with Gasteiger partial charge in [0.05, 0.1) is 0 Å². The minimum atomic E-state index is 0.549. The molecule has 1 heteroatoms. The topological polar surface area (TPSA) is 23.9 Å². The van der Waals surface area contributed by atoms with E-state index in [1.807, 2.05) is 25.2 Å². The Morgan fingerprint density at radius 1 is 1.50 bits per heavy atom. The third-order valence-electron chi connectivity index (χ3n) is 1.12. The van der Waals surface area contributed by atoms with Gasteiger partial charge in [-0.2, -0.15) is 0 Å². The van der Waals surface area contributed by atoms with Crippen LogP contribution in [0, 0.1) is 5.41 Å². The molecule has 0 saturated carbocycles. The predicted octanol–water partition coefficient (Wildman–Crippen LogP) is 2.71. The highest BCUT2D eigenvalue weighted by atomic mass is 14.4. The molecule has 1 N–H and O–H groups in total. The summed E-state index contributed by atoms with van der Waals surface area (Å²) in [5.74, 6) is 0. The van der Waals surface area contributed by atoms with E-state index in [0.717, 1.165) is 5.57 Å². The highest BCUT2D eigenvalue weighted by Gasteiger charge is 1.89. The average Bonchev–Trinajstić information content (AvgIpc) is 1.89. The van der Waals surface area contributed by atoms with E-state index in [9.17, 15) is 0 Å². The fourth-order valence-electron chi connectivity index (χ4n) is 0.546. The van der Waals surface area contributed by atoms with Gasteiger partial charge in [-0.25, -0.2) is 0 Å². The number of hydrogen-bond acceptors (Lipinski definition) is 1. The van der Waals surface area contributed by atoms with Crippen LogP contribution in [0.3, 0.4) is 0 Å². The number of rotatable bonds is 3. The monoisotopic (exact) mass is 135 g/mol. The maximum absolute atomic E-state index is 7.26. The SMILES string of the molecule is C=C/C(=C\C=C/C)C(C)=N. The zero-order chi connectivity index (χ0) is 7.98. The summed E-state index contributed by atoms with van der Waals surface area (Å²) in [5, 5.41) is 7.26. The van der Waals surface area contributed by atoms with Gasteiger partial charge < -0.3 is 5.41 Å². The van der Waals surface area contributed by atoms with Crippen molar-refractivity contribution in [3.8, 4) is 0 Å². The molecule has 0 unspecified atom stereocenters. The fourth-order valence-corrected chi connectivity index (χ4v) is 0.546. The van der Waals surface area contributed by atoms with Gasteiger partial charge in [0.25, 0.3) is 0 Å². The fraction of sp³-hybridized carbons (Fsp3) is 0.222. The van der Waals surface area contributed by atoms with Crippen LogP contribution < -0.4 is 0 Å². The molecule has 0 aromatic rings. The molecule has 0 heterocycles. The number of nitrogens with one attached hydrogen (secondary N) is 1. The van der Waals surface area contributed by atoms with Gasteiger partial charge in [0.2, 0.25) is 0 Å². The van der Waals surface area contributed by atoms with Gasteiger partial charge in [-0.1, -0.05) is 30.9 Å². The second-order valence-corrected chi connectivity index (χ2v) is 1.98. The first-order chi connectivity index (χ1) is 4.72. The van der Waals surface area contributed by atoms with Crippen LogP contribution in [0.2, 0.25) is 0 Å². The van der Waals surface area contributed by atoms with E-state index in [4.69, 9.17) is 5.41 Å². The van der Waals surface area contributed by atoms with Crippen molar-refractivity contribution >= 4 is 5.71 Å². The molecule has 0 bridgehead atoms. The van der Waals surface area contributed by atoms with E-state index in [1.165, 1.54) is 0 Å². The van der Waals surface area contributed by atoms with Gasteiger partial charge in [-0.3, -0.25) is 0 Å². The van der Waals surface area contributed by atoms with Crippen molar-refractivity contribution in [3.05, 3.63) is 36.5 Å². The van der Waals surface area contributed by atoms with Crippen molar-refractivity contribution in [2.24, 2.45) is 0 Å². The Morgan fingerprint density at radius 2 is 2.10 bits per heavy atom. The standard InChI is InChI=1S/C9H13N/c1-4-6-7-9(5-2)8(3)10/h4-7,10H,2H2,1,3H3/b6-4-,9-7+,10-8?. The molecule has 54 valence electrons. The molecule has 0 aliphatic carbocycles. The minimum absolute atomic E-state index is 0.549. The Bertz CT molecular complexity index is 185. The van der Waals surface area contributed by atoms with Crippen molar-refractivity contribution in [2.75, 3.05) is 0 Å². The first-order valence-electron chi connectivity index (χ1n) is 3.23. The van der Waals surface area contributed by atoms with E-state index in [2.05, 4.69) is 6.58 Å². The van der Waals surface area contributed by atoms with Crippen molar-refractivity contribution in [1.29, 1.82) is 5.41 Å². The van der Waals surface area contributed by atoms with Crippen LogP contribution >= 0.6 is 0 Å². The average molecular weight is 135 g/mol. The molecule has 0 atom stereocenters. The molecule has 0 spiro atoms. The Balaban J connectivity index is 4.33. The Kier molecular flexibility index (Phi) is 4.21. The Labute approximate surface area is 62.3 Å². The van der Waals surface area contributed by atoms with E-state index >= 15 is 0 Å². The highest BCUT2D eigenvalue weighted by Crippen LogP contribution is 1.97. The summed E-state index contributed by atoms with van der Waals surface area (Å²) in [4.78, 5) is 0. The van der Waals surface area contributed by atoms with Gasteiger partial charge in [0.15, 0.2) is 0 Å². The molecule has 0 saturated heterocycles. The summed E-state index contributed by atoms with van der Waals surface area (Å²) in [5.41, 5.74) is 1.42. The highest BCUT2D eigenvalue weighted by molar-refractivity contribution is 5.98. The molecule has 0 amide bonds. The molecule has 10 heavy (non-hydrogen) atoms. The Morgan fingerprint density at radius 3 is 2.40 bits per heavy atom. The summed E-state index contributed by atoms with van der Waals surface area (Å²) in [6, 6.07) is 0. The normalized spacial score (nSPS) is 12.0. The lowest BCUT2D eigenvalue weighted by Crippen LogP contribution is -1.89. The molecule has 0 aliphatic heterocycles. The quantitative estimate of drug-likeness (QED) is 0.454. The third-order valence-corrected chi connectivity index (χ3v) is 1.12. The number of allylic oxidation sites excluding steroid dienone is 5. The third kappa shape index (κ3) is 3.02. The molecular weight excluding hydrogens is 122 g/mol. The number of hydrogen-bond donors (Lipinski definition) is 1. The molecule has 1 nitrogen and oxygen atoms in total. The summed E-state index contributed by atoms with van der Waals surface area (Å²) >= 11 is 0. The summed E-state index contributed by atoms with van der Waals surface area (Å²) in [6.07, 6.45) is 7.37. The lowest BCUT2D eigenvalue weighted by Gasteiger charge is -1.93. The van der Waals surface area contributed by atoms with Gasteiger partial charge in [-0.05, 0) is 19.4 Å². The maximum atomic E-state index is 7.26. The molecular formula is C9H13N. The van der Waals surface area contributed by atoms with Crippen LogP contribution in [0.5, 0.6) is 0 Å². The summed E-state index contributed by atoms with van der Waals surface area (Å²) in [6.45, 7) is 7.28. The van der Waals surface area contributed by atoms with E-state index in [1.54, 1.807) is 13.0 Å². The van der Waals surface area contributed by atoms with Gasteiger partial charge in [0, 0.05) is 5.71 Å². The summed E-state index contributed by atoms with van der Waals surface area (Å²) in [7, 11) is 0. The Hall–Kier alpha value is -1.11. The van der Waals surface area contributed by atoms with E-state index < -0.39 is 0 Å². The summed E-state index contributed by atoms with van der Waals surface area (Å²) < 4.78 is 0. The van der Waals surface area contributed by atoms with Gasteiger partial charge in [0.1, 0.15) is 0 Å². The van der Waals surface area contributed by atoms with E-state index in [0.29, 0.717) is 5.71 Å². The van der Waals surface area contributed by atoms with Gasteiger partial charge >= 0.3 is 0 Å². The smallest absolute Gasteiger partial charge is 0.0355 e. The second-order valence-electron chi connectivity index (χ2n) is 1.98. The first-order valence-corrected chi connectivity index (χ1v) is 3.23. The molecule has 0 radical (unpaired) electrons. The van der Waals surface area contributed by atoms with Crippen LogP contribution in [-0.4, -0.2) is 5.71 Å². The molecule has 0 rings (SSSR count). The first kappa shape index (κ1) is 8.89. The van der Waals surface area contributed by atoms with Gasteiger partial charge in [-0.15, -0.1) is 0 Å². The van der Waals surface area contributed by atoms with Crippen LogP contribution in [0.15, 0.2) is 36.5 Å².